The smallest absolute Gasteiger partial charge is 0.434 e. The van der Waals surface area contributed by atoms with Gasteiger partial charge in [-0.15, -0.1) is 5.10 Å². The van der Waals surface area contributed by atoms with Crippen LogP contribution in [0.5, 0.6) is 17.4 Å². The number of ether oxygens (including phenoxy) is 3. The van der Waals surface area contributed by atoms with Gasteiger partial charge < -0.3 is 14.2 Å². The number of halogens is 4. The van der Waals surface area contributed by atoms with Crippen molar-refractivity contribution in [3.63, 3.8) is 0 Å². The highest BCUT2D eigenvalue weighted by Gasteiger charge is 2.39. The molecule has 0 N–H and O–H groups in total. The van der Waals surface area contributed by atoms with Crippen LogP contribution in [0.15, 0.2) is 18.2 Å². The van der Waals surface area contributed by atoms with E-state index in [1.165, 1.54) is 0 Å². The van der Waals surface area contributed by atoms with Crippen LogP contribution < -0.4 is 9.47 Å². The molecule has 14 heteroatoms. The number of alkyl halides is 3. The number of aryl methyl sites for hydroxylation is 1. The second-order valence-electron chi connectivity index (χ2n) is 5.00. The lowest BCUT2D eigenvalue weighted by atomic mass is 10.3. The Kier molecular flexibility index (Phi) is 6.30. The first-order valence-electron chi connectivity index (χ1n) is 7.17. The summed E-state index contributed by atoms with van der Waals surface area (Å²) in [5.74, 6) is -2.32. The van der Waals surface area contributed by atoms with Crippen LogP contribution in [0.3, 0.4) is 0 Å². The largest absolute Gasteiger partial charge is 0.475 e. The zero-order valence-corrected chi connectivity index (χ0v) is 14.6. The summed E-state index contributed by atoms with van der Waals surface area (Å²) in [4.78, 5) is 21.4. The number of nitro benzene ring substituents is 1. The van der Waals surface area contributed by atoms with E-state index >= 15 is 0 Å². The minimum absolute atomic E-state index is 0.202. The van der Waals surface area contributed by atoms with Crippen LogP contribution >= 0.6 is 11.6 Å². The number of carbonyl (C=O) groups excluding carboxylic acids is 1. The Morgan fingerprint density at radius 1 is 1.39 bits per heavy atom. The van der Waals surface area contributed by atoms with Crippen molar-refractivity contribution in [3.8, 4) is 17.4 Å². The van der Waals surface area contributed by atoms with Crippen molar-refractivity contribution in [2.24, 2.45) is 7.05 Å². The van der Waals surface area contributed by atoms with Gasteiger partial charge in [0.05, 0.1) is 4.92 Å². The van der Waals surface area contributed by atoms with E-state index in [1.807, 2.05) is 0 Å². The van der Waals surface area contributed by atoms with Crippen molar-refractivity contribution in [2.45, 2.75) is 6.18 Å². The number of benzene rings is 1. The first-order chi connectivity index (χ1) is 13.0. The maximum Gasteiger partial charge on any atom is 0.434 e. The average molecular weight is 425 g/mol. The Morgan fingerprint density at radius 3 is 2.61 bits per heavy atom. The van der Waals surface area contributed by atoms with Crippen LogP contribution in [0.4, 0.5) is 18.9 Å². The summed E-state index contributed by atoms with van der Waals surface area (Å²) in [5.41, 5.74) is -1.81. The molecule has 1 heterocycles. The lowest BCUT2D eigenvalue weighted by Crippen LogP contribution is -2.15. The lowest BCUT2D eigenvalue weighted by molar-refractivity contribution is -0.385. The summed E-state index contributed by atoms with van der Waals surface area (Å²) in [6.45, 7) is -1.97. The summed E-state index contributed by atoms with van der Waals surface area (Å²) in [6, 6.07) is 2.95. The topological polar surface area (TPSA) is 126 Å². The van der Waals surface area contributed by atoms with Gasteiger partial charge in [-0.05, 0) is 6.07 Å². The third-order valence-electron chi connectivity index (χ3n) is 3.14. The maximum atomic E-state index is 12.9. The van der Waals surface area contributed by atoms with Crippen LogP contribution in [-0.2, 0) is 27.9 Å². The van der Waals surface area contributed by atoms with Crippen molar-refractivity contribution >= 4 is 23.3 Å². The Bertz CT molecular complexity index is 901. The first-order valence-corrected chi connectivity index (χ1v) is 7.55. The van der Waals surface area contributed by atoms with Gasteiger partial charge in [0.15, 0.2) is 12.3 Å². The van der Waals surface area contributed by atoms with E-state index in [-0.39, 0.29) is 5.75 Å². The van der Waals surface area contributed by atoms with Crippen LogP contribution in [0, 0.1) is 10.1 Å². The molecular weight excluding hydrogens is 415 g/mol. The fourth-order valence-corrected chi connectivity index (χ4v) is 2.33. The van der Waals surface area contributed by atoms with Gasteiger partial charge in [0, 0.05) is 19.2 Å². The monoisotopic (exact) mass is 424 g/mol. The van der Waals surface area contributed by atoms with Gasteiger partial charge in [0.1, 0.15) is 10.8 Å². The third-order valence-corrected chi connectivity index (χ3v) is 3.48. The number of hydrogen-bond donors (Lipinski definition) is 0. The predicted molar refractivity (Wildman–Crippen MR) is 83.5 cm³/mol. The quantitative estimate of drug-likeness (QED) is 0.289. The fraction of sp³-hybridized carbons (Fsp3) is 0.286. The molecule has 0 fully saturated rings. The van der Waals surface area contributed by atoms with Gasteiger partial charge in [-0.1, -0.05) is 11.6 Å². The highest BCUT2D eigenvalue weighted by Crippen LogP contribution is 2.41. The normalized spacial score (nSPS) is 11.2. The average Bonchev–Trinajstić information content (AvgIpc) is 2.86. The standard InChI is InChI=1S/C14H10ClF3N3O7/c1-20-12(14(16,17)18)11(15)13(19-20)28-7-2-3-8(21(24)25)9(4-7)26-5-10(23)27-6-22/h2-4H,5-6H2,1H3. The summed E-state index contributed by atoms with van der Waals surface area (Å²) in [7, 11) is 1.01. The van der Waals surface area contributed by atoms with Crippen molar-refractivity contribution < 1.29 is 42.2 Å². The molecule has 1 aromatic heterocycles. The Balaban J connectivity index is 2.31. The zero-order valence-electron chi connectivity index (χ0n) is 13.9. The van der Waals surface area contributed by atoms with E-state index < -0.39 is 58.5 Å². The van der Waals surface area contributed by atoms with E-state index in [4.69, 9.17) is 21.1 Å². The number of aromatic nitrogens is 2. The zero-order chi connectivity index (χ0) is 21.1. The van der Waals surface area contributed by atoms with Gasteiger partial charge in [-0.3, -0.25) is 14.8 Å². The molecular formula is C14H10ClF3N3O7. The van der Waals surface area contributed by atoms with Gasteiger partial charge in [0.25, 0.3) is 5.88 Å². The summed E-state index contributed by atoms with van der Waals surface area (Å²) < 4.78 is 53.5. The van der Waals surface area contributed by atoms with E-state index in [2.05, 4.69) is 9.84 Å². The highest BCUT2D eigenvalue weighted by molar-refractivity contribution is 6.32. The summed E-state index contributed by atoms with van der Waals surface area (Å²) in [5, 5.41) is 23.9. The van der Waals surface area contributed by atoms with Gasteiger partial charge in [0.2, 0.25) is 12.5 Å². The molecule has 0 aliphatic carbocycles. The molecule has 0 aliphatic heterocycles. The Hall–Kier alpha value is -3.06. The van der Waals surface area contributed by atoms with Crippen molar-refractivity contribution in [2.75, 3.05) is 13.4 Å². The Morgan fingerprint density at radius 2 is 2.07 bits per heavy atom. The minimum Gasteiger partial charge on any atom is -0.475 e. The molecule has 1 radical (unpaired) electrons. The van der Waals surface area contributed by atoms with Crippen LogP contribution in [0.1, 0.15) is 5.69 Å². The molecule has 0 amide bonds. The van der Waals surface area contributed by atoms with Crippen molar-refractivity contribution in [3.05, 3.63) is 39.0 Å². The molecule has 10 nitrogen and oxygen atoms in total. The van der Waals surface area contributed by atoms with Gasteiger partial charge >= 0.3 is 17.8 Å². The number of hydrogen-bond acceptors (Lipinski definition) is 7. The number of carbonyl (C=O) groups is 1. The number of nitrogens with zero attached hydrogens (tertiary/aromatic N) is 3. The molecule has 2 rings (SSSR count). The summed E-state index contributed by atoms with van der Waals surface area (Å²) >= 11 is 5.66. The second kappa shape index (κ2) is 8.31. The van der Waals surface area contributed by atoms with Crippen molar-refractivity contribution in [1.29, 1.82) is 0 Å². The predicted octanol–water partition coefficient (Wildman–Crippen LogP) is 3.10. The minimum atomic E-state index is -4.79. The molecule has 0 spiro atoms. The van der Waals surface area contributed by atoms with Crippen molar-refractivity contribution in [1.82, 2.24) is 9.78 Å². The molecule has 0 atom stereocenters. The number of nitro groups is 1. The molecule has 28 heavy (non-hydrogen) atoms. The van der Waals surface area contributed by atoms with E-state index in [0.29, 0.717) is 4.68 Å². The maximum absolute atomic E-state index is 12.9. The molecule has 0 aliphatic rings. The fourth-order valence-electron chi connectivity index (χ4n) is 2.03. The van der Waals surface area contributed by atoms with Gasteiger partial charge in [-0.25, -0.2) is 4.79 Å². The molecule has 0 saturated carbocycles. The first kappa shape index (κ1) is 21.2. The molecule has 0 unspecified atom stereocenters. The number of rotatable bonds is 7. The summed E-state index contributed by atoms with van der Waals surface area (Å²) in [6.07, 6.45) is -4.79. The van der Waals surface area contributed by atoms with Crippen LogP contribution in [0.2, 0.25) is 5.02 Å². The SMILES string of the molecule is Cn1nc(Oc2ccc([N+](=O)[O-])c(OCC(=O)OC[O])c2)c(Cl)c1C(F)(F)F. The second-order valence-corrected chi connectivity index (χ2v) is 5.38. The molecule has 2 aromatic rings. The van der Waals surface area contributed by atoms with E-state index in [9.17, 15) is 33.2 Å². The van der Waals surface area contributed by atoms with Gasteiger partial charge in [-0.2, -0.15) is 18.3 Å². The molecule has 0 bridgehead atoms. The van der Waals surface area contributed by atoms with Crippen LogP contribution in [-0.4, -0.2) is 34.1 Å². The molecule has 151 valence electrons. The number of esters is 1. The molecule has 1 aromatic carbocycles. The van der Waals surface area contributed by atoms with E-state index in [1.54, 1.807) is 0 Å². The Labute approximate surface area is 159 Å². The van der Waals surface area contributed by atoms with Crippen LogP contribution in [0.25, 0.3) is 0 Å². The third kappa shape index (κ3) is 4.80. The lowest BCUT2D eigenvalue weighted by Gasteiger charge is -2.08. The molecule has 0 saturated heterocycles. The van der Waals surface area contributed by atoms with E-state index in [0.717, 1.165) is 25.2 Å². The highest BCUT2D eigenvalue weighted by atomic mass is 35.5.